The van der Waals surface area contributed by atoms with Crippen LogP contribution in [0.15, 0.2) is 121 Å². The van der Waals surface area contributed by atoms with E-state index in [0.717, 1.165) is 19.3 Å². The van der Waals surface area contributed by atoms with Crippen molar-refractivity contribution in [1.29, 1.82) is 0 Å². The molecule has 10 atom stereocenters. The zero-order chi connectivity index (χ0) is 26.0. The molecule has 0 amide bonds. The van der Waals surface area contributed by atoms with Gasteiger partial charge in [0, 0.05) is 0 Å². The molecule has 4 heteroatoms. The van der Waals surface area contributed by atoms with E-state index in [0.29, 0.717) is 18.5 Å². The van der Waals surface area contributed by atoms with Gasteiger partial charge in [0.2, 0.25) is 0 Å². The van der Waals surface area contributed by atoms with Crippen molar-refractivity contribution in [3.8, 4) is 0 Å². The van der Waals surface area contributed by atoms with E-state index >= 15 is 0 Å². The average molecular weight is 597 g/mol. The number of rotatable bonds is 7. The summed E-state index contributed by atoms with van der Waals surface area (Å²) in [5.74, 6) is 0. The summed E-state index contributed by atoms with van der Waals surface area (Å²) >= 11 is 0. The molecule has 0 bridgehead atoms. The van der Waals surface area contributed by atoms with E-state index < -0.39 is 14.4 Å². The van der Waals surface area contributed by atoms with Gasteiger partial charge >= 0.3 is 230 Å². The first-order valence-corrected chi connectivity index (χ1v) is 24.0. The van der Waals surface area contributed by atoms with Crippen LogP contribution in [0.4, 0.5) is 0 Å². The molecule has 14 rings (SSSR count). The average Bonchev–Trinajstić information content (AvgIpc) is 3.96. The molecule has 1 nitrogen and oxygen atoms in total. The maximum atomic E-state index is 7.54. The molecule has 10 heterocycles. The van der Waals surface area contributed by atoms with Gasteiger partial charge in [-0.05, 0) is 0 Å². The summed E-state index contributed by atoms with van der Waals surface area (Å²) in [6, 6.07) is 48.1. The molecule has 2 N–H and O–H groups in total. The summed E-state index contributed by atoms with van der Waals surface area (Å²) in [6.45, 7) is -1.74. The second-order valence-electron chi connectivity index (χ2n) is 16.6. The summed E-state index contributed by atoms with van der Waals surface area (Å²) in [5.41, 5.74) is 7.54. The first-order chi connectivity index (χ1) is 19.4. The zero-order valence-electron chi connectivity index (χ0n) is 22.5. The van der Waals surface area contributed by atoms with Crippen LogP contribution in [0.3, 0.4) is 0 Å². The van der Waals surface area contributed by atoms with Crippen molar-refractivity contribution in [3.05, 3.63) is 121 Å². The summed E-state index contributed by atoms with van der Waals surface area (Å²) in [7, 11) is -0.778. The van der Waals surface area contributed by atoms with E-state index in [-0.39, 0.29) is 7.92 Å². The maximum absolute atomic E-state index is 7.54. The second kappa shape index (κ2) is 3.22. The Balaban J connectivity index is 1.15. The molecule has 40 heavy (non-hydrogen) atoms. The van der Waals surface area contributed by atoms with Crippen LogP contribution in [0.2, 0.25) is 38.0 Å². The first-order valence-electron chi connectivity index (χ1n) is 15.2. The summed E-state index contributed by atoms with van der Waals surface area (Å²) in [4.78, 5) is 7.95. The van der Waals surface area contributed by atoms with Crippen LogP contribution in [0.5, 0.6) is 0 Å². The number of hydrogen-bond acceptors (Lipinski definition) is 1. The monoisotopic (exact) mass is 597 g/mol. The summed E-state index contributed by atoms with van der Waals surface area (Å²) in [5, 5.41) is 6.68. The first kappa shape index (κ1) is 20.2. The number of hydrogen-bond donors (Lipinski definition) is 1. The van der Waals surface area contributed by atoms with E-state index in [4.69, 9.17) is 5.73 Å². The van der Waals surface area contributed by atoms with Gasteiger partial charge in [-0.3, -0.25) is 0 Å². The SMILES string of the molecule is CC(N)[C]12[CH]3[CH]4[CH]5[C]1(P(c1ccccc1)c1ccccc1)[Fe]43521678[CH]2[CH]1[CH]6[C]7(P(c1ccccc1)c1ccccc1)[CH]28. The van der Waals surface area contributed by atoms with Crippen LogP contribution in [-0.4, -0.2) is 14.2 Å². The number of benzene rings is 4. The molecule has 4 aromatic carbocycles. The normalized spacial score (nSPS) is 62.0. The fourth-order valence-electron chi connectivity index (χ4n) is 22.8. The molecular formula is C36H33FeNP2. The second-order valence-corrected chi connectivity index (χ2v) is 45.2. The Bertz CT molecular complexity index is 2220. The molecule has 10 unspecified atom stereocenters. The van der Waals surface area contributed by atoms with Crippen LogP contribution >= 0.6 is 15.8 Å². The number of fused-ring (bicyclic) bond motifs is 10. The Labute approximate surface area is 228 Å². The molecule has 0 aromatic heterocycles. The molecule has 4 aromatic rings. The van der Waals surface area contributed by atoms with Gasteiger partial charge < -0.3 is 0 Å². The Kier molecular flexibility index (Phi) is 1.62. The van der Waals surface area contributed by atoms with Crippen molar-refractivity contribution < 1.29 is 6.51 Å². The Hall–Kier alpha value is -1.78. The Morgan fingerprint density at radius 2 is 0.950 bits per heavy atom. The molecule has 0 radical (unpaired) electrons. The van der Waals surface area contributed by atoms with Gasteiger partial charge in [0.15, 0.2) is 0 Å². The predicted octanol–water partition coefficient (Wildman–Crippen LogP) is 7.17. The van der Waals surface area contributed by atoms with Gasteiger partial charge in [0.1, 0.15) is 0 Å². The molecule has 10 aliphatic heterocycles. The molecule has 10 saturated heterocycles. The van der Waals surface area contributed by atoms with E-state index in [1.807, 2.05) is 0 Å². The fraction of sp³-hybridized carbons (Fsp3) is 0.333. The van der Waals surface area contributed by atoms with E-state index in [1.54, 1.807) is 21.2 Å². The van der Waals surface area contributed by atoms with E-state index in [1.165, 1.54) is 14.4 Å². The van der Waals surface area contributed by atoms with Gasteiger partial charge in [-0.15, -0.1) is 0 Å². The van der Waals surface area contributed by atoms with Crippen molar-refractivity contribution in [1.82, 2.24) is 0 Å². The van der Waals surface area contributed by atoms with Crippen molar-refractivity contribution in [3.63, 3.8) is 0 Å². The fourth-order valence-corrected chi connectivity index (χ4v) is 131. The zero-order valence-corrected chi connectivity index (χ0v) is 25.4. The summed E-state index contributed by atoms with van der Waals surface area (Å²) in [6.07, 6.45) is 0. The minimum atomic E-state index is -4.25. The van der Waals surface area contributed by atoms with Crippen molar-refractivity contribution in [2.45, 2.75) is 59.1 Å². The Morgan fingerprint density at radius 3 is 1.30 bits per heavy atom. The molecule has 10 aliphatic rings. The van der Waals surface area contributed by atoms with Gasteiger partial charge in [-0.25, -0.2) is 0 Å². The van der Waals surface area contributed by atoms with Gasteiger partial charge in [-0.2, -0.15) is 0 Å². The third kappa shape index (κ3) is 0.485. The van der Waals surface area contributed by atoms with Crippen LogP contribution < -0.4 is 27.0 Å². The minimum absolute atomic E-state index is 0.365. The summed E-state index contributed by atoms with van der Waals surface area (Å²) < 4.78 is 1.81. The molecule has 200 valence electrons. The Morgan fingerprint density at radius 1 is 0.550 bits per heavy atom. The quantitative estimate of drug-likeness (QED) is 0.177. The van der Waals surface area contributed by atoms with Crippen LogP contribution in [0, 0.1) is 0 Å². The number of nitrogens with two attached hydrogens (primary N) is 1. The van der Waals surface area contributed by atoms with Crippen LogP contribution in [-0.2, 0) is 6.51 Å². The van der Waals surface area contributed by atoms with Gasteiger partial charge in [-0.1, -0.05) is 0 Å². The van der Waals surface area contributed by atoms with Crippen molar-refractivity contribution in [2.75, 3.05) is 0 Å². The third-order valence-corrected chi connectivity index (χ3v) is 77.8. The van der Waals surface area contributed by atoms with Gasteiger partial charge in [0.05, 0.1) is 0 Å². The van der Waals surface area contributed by atoms with Crippen LogP contribution in [0.1, 0.15) is 6.92 Å². The standard InChI is InChI=1S/C19H19NP.C17H14P.Fe/c1-15(20)18-13-8-14-19(18)21(16-9-4-2-5-10-16)17-11-6-3-7-12-17;1-3-9-15(10-4-1)18(17-13-7-8-14-17)16-11-5-2-6-12-16;/h2-15H,20H2,1H3;1-14H;. The molecule has 1 spiro atoms. The van der Waals surface area contributed by atoms with Crippen molar-refractivity contribution in [2.24, 2.45) is 5.73 Å². The van der Waals surface area contributed by atoms with Gasteiger partial charge in [0.25, 0.3) is 0 Å². The molecule has 0 aliphatic carbocycles. The molecular weight excluding hydrogens is 564 g/mol. The third-order valence-electron chi connectivity index (χ3n) is 20.3. The van der Waals surface area contributed by atoms with E-state index in [2.05, 4.69) is 128 Å². The molecule has 0 saturated carbocycles. The van der Waals surface area contributed by atoms with Crippen LogP contribution in [0.25, 0.3) is 0 Å². The van der Waals surface area contributed by atoms with Crippen molar-refractivity contribution >= 4 is 37.1 Å². The van der Waals surface area contributed by atoms with E-state index in [9.17, 15) is 0 Å². The molecule has 10 fully saturated rings. The predicted molar refractivity (Wildman–Crippen MR) is 166 cm³/mol. The topological polar surface area (TPSA) is 26.0 Å².